The van der Waals surface area contributed by atoms with Crippen molar-refractivity contribution in [1.82, 2.24) is 15.0 Å². The van der Waals surface area contributed by atoms with Gasteiger partial charge in [-0.05, 0) is 91.0 Å². The van der Waals surface area contributed by atoms with E-state index >= 15 is 0 Å². The third kappa shape index (κ3) is 8.56. The lowest BCUT2D eigenvalue weighted by Crippen LogP contribution is -2.08. The van der Waals surface area contributed by atoms with Gasteiger partial charge in [-0.3, -0.25) is 0 Å². The highest BCUT2D eigenvalue weighted by Gasteiger charge is 2.17. The summed E-state index contributed by atoms with van der Waals surface area (Å²) in [5, 5.41) is 6.24. The predicted molar refractivity (Wildman–Crippen MR) is 270 cm³/mol. The molecule has 6 aromatic carbocycles. The quantitative estimate of drug-likeness (QED) is 0.156. The van der Waals surface area contributed by atoms with Gasteiger partial charge in [-0.2, -0.15) is 0 Å². The molecule has 1 N–H and O–H groups in total. The maximum atomic E-state index is 12.4. The molecule has 0 fully saturated rings. The van der Waals surface area contributed by atoms with Crippen LogP contribution in [0.15, 0.2) is 182 Å². The number of anilines is 3. The van der Waals surface area contributed by atoms with Crippen LogP contribution in [-0.4, -0.2) is 50.2 Å². The first-order valence-electron chi connectivity index (χ1n) is 21.3. The number of para-hydroxylation sites is 5. The van der Waals surface area contributed by atoms with Crippen molar-refractivity contribution in [2.75, 3.05) is 50.4 Å². The smallest absolute Gasteiger partial charge is 0.349 e. The molecule has 0 saturated carbocycles. The van der Waals surface area contributed by atoms with Crippen molar-refractivity contribution in [2.24, 2.45) is 0 Å². The fraction of sp³-hybridized carbons (Fsp3) is 0.0943. The van der Waals surface area contributed by atoms with Crippen LogP contribution in [0, 0.1) is 0 Å². The third-order valence-corrected chi connectivity index (χ3v) is 12.1. The van der Waals surface area contributed by atoms with E-state index in [0.717, 1.165) is 43.4 Å². The van der Waals surface area contributed by atoms with Gasteiger partial charge in [0.15, 0.2) is 11.2 Å². The second kappa shape index (κ2) is 17.9. The van der Waals surface area contributed by atoms with E-state index in [9.17, 15) is 14.4 Å². The Morgan fingerprint density at radius 2 is 0.882 bits per heavy atom. The molecule has 0 amide bonds. The number of fused-ring (bicyclic) bond motifs is 6. The molecule has 6 heterocycles. The zero-order valence-corrected chi connectivity index (χ0v) is 38.1. The highest BCUT2D eigenvalue weighted by molar-refractivity contribution is 7.21. The summed E-state index contributed by atoms with van der Waals surface area (Å²) in [5.41, 5.74) is 7.98. The molecule has 14 nitrogen and oxygen atoms in total. The second-order valence-corrected chi connectivity index (χ2v) is 17.1. The van der Waals surface area contributed by atoms with E-state index in [1.807, 2.05) is 172 Å². The number of oxazole rings is 2. The highest BCUT2D eigenvalue weighted by Crippen LogP contribution is 2.32. The average Bonchev–Trinajstić information content (AvgIpc) is 4.10. The summed E-state index contributed by atoms with van der Waals surface area (Å²) in [4.78, 5) is 54.1. The second-order valence-electron chi connectivity index (χ2n) is 16.0. The van der Waals surface area contributed by atoms with E-state index in [1.165, 1.54) is 11.3 Å². The summed E-state index contributed by atoms with van der Waals surface area (Å²) < 4.78 is 28.7. The molecule has 12 aromatic rings. The van der Waals surface area contributed by atoms with E-state index < -0.39 is 11.3 Å². The molecule has 12 rings (SSSR count). The molecular formula is C53H40N6O8S. The topological polar surface area (TPSA) is 174 Å². The van der Waals surface area contributed by atoms with Gasteiger partial charge in [0, 0.05) is 86.7 Å². The molecule has 6 aromatic heterocycles. The van der Waals surface area contributed by atoms with Crippen molar-refractivity contribution in [3.05, 3.63) is 177 Å². The van der Waals surface area contributed by atoms with E-state index in [0.29, 0.717) is 60.6 Å². The maximum absolute atomic E-state index is 12.4. The van der Waals surface area contributed by atoms with Crippen molar-refractivity contribution < 1.29 is 22.1 Å². The lowest BCUT2D eigenvalue weighted by Gasteiger charge is -2.12. The van der Waals surface area contributed by atoms with Gasteiger partial charge in [0.25, 0.3) is 0 Å². The molecule has 0 aliphatic carbocycles. The summed E-state index contributed by atoms with van der Waals surface area (Å²) in [6, 6.07) is 45.1. The number of aromatic nitrogens is 3. The van der Waals surface area contributed by atoms with Crippen LogP contribution in [-0.2, 0) is 0 Å². The Labute approximate surface area is 389 Å². The Balaban J connectivity index is 0.000000119. The van der Waals surface area contributed by atoms with Crippen LogP contribution in [0.25, 0.3) is 98.8 Å². The molecule has 0 aliphatic heterocycles. The van der Waals surface area contributed by atoms with E-state index in [2.05, 4.69) is 20.3 Å². The first-order chi connectivity index (χ1) is 33.0. The number of nitrogens with one attached hydrogen (secondary N) is 1. The highest BCUT2D eigenvalue weighted by atomic mass is 32.1. The summed E-state index contributed by atoms with van der Waals surface area (Å²) in [6.45, 7) is 0. The van der Waals surface area contributed by atoms with Gasteiger partial charge < -0.3 is 37.2 Å². The fourth-order valence-corrected chi connectivity index (χ4v) is 8.40. The standard InChI is InChI=1S/C18H14N2O3.C18H14N2O2S.C17H12N2O3/c1-20(2)12-8-7-11-9-13(18(21)23-16(11)10-12)17-19-14-5-3-4-6-15(14)22-17;1-20(2)12-8-7-11-9-13(18(21)22-15(11)10-12)17-19-14-5-3-4-6-16(14)23-17;1-18-11-7-6-10-8-12(17(20)22-15(10)9-11)16-19-13-4-2-3-5-14(13)21-16/h2*3-10H,1-2H3;2-9,18H,1H3. The van der Waals surface area contributed by atoms with Crippen molar-refractivity contribution in [3.63, 3.8) is 0 Å². The average molecular weight is 921 g/mol. The van der Waals surface area contributed by atoms with Gasteiger partial charge in [0.1, 0.15) is 43.9 Å². The zero-order valence-electron chi connectivity index (χ0n) is 37.3. The van der Waals surface area contributed by atoms with Gasteiger partial charge in [-0.1, -0.05) is 36.4 Å². The molecule has 336 valence electrons. The largest absolute Gasteiger partial charge is 0.436 e. The lowest BCUT2D eigenvalue weighted by molar-refractivity contribution is 0.553. The van der Waals surface area contributed by atoms with E-state index in [1.54, 1.807) is 18.2 Å². The van der Waals surface area contributed by atoms with Crippen molar-refractivity contribution in [1.29, 1.82) is 0 Å². The minimum Gasteiger partial charge on any atom is -0.436 e. The Kier molecular flexibility index (Phi) is 11.3. The maximum Gasteiger partial charge on any atom is 0.349 e. The van der Waals surface area contributed by atoms with Gasteiger partial charge >= 0.3 is 16.9 Å². The minimum atomic E-state index is -0.465. The van der Waals surface area contributed by atoms with Gasteiger partial charge in [-0.15, -0.1) is 11.3 Å². The van der Waals surface area contributed by atoms with Crippen LogP contribution in [0.5, 0.6) is 0 Å². The van der Waals surface area contributed by atoms with Crippen LogP contribution in [0.1, 0.15) is 0 Å². The number of thiazole rings is 1. The van der Waals surface area contributed by atoms with Crippen LogP contribution in [0.2, 0.25) is 0 Å². The van der Waals surface area contributed by atoms with Crippen molar-refractivity contribution in [2.45, 2.75) is 0 Å². The zero-order chi connectivity index (χ0) is 47.1. The van der Waals surface area contributed by atoms with Crippen LogP contribution in [0.3, 0.4) is 0 Å². The van der Waals surface area contributed by atoms with Gasteiger partial charge in [-0.25, -0.2) is 29.3 Å². The van der Waals surface area contributed by atoms with Crippen LogP contribution < -0.4 is 32.0 Å². The molecule has 0 saturated heterocycles. The minimum absolute atomic E-state index is 0.273. The first-order valence-corrected chi connectivity index (χ1v) is 22.1. The number of hydrogen-bond donors (Lipinski definition) is 1. The molecule has 15 heteroatoms. The molecule has 0 atom stereocenters. The normalized spacial score (nSPS) is 11.2. The Morgan fingerprint density at radius 3 is 1.37 bits per heavy atom. The number of rotatable bonds is 6. The summed E-state index contributed by atoms with van der Waals surface area (Å²) in [7, 11) is 9.59. The molecule has 0 aliphatic rings. The number of nitrogens with zero attached hydrogens (tertiary/aromatic N) is 5. The van der Waals surface area contributed by atoms with Gasteiger partial charge in [0.2, 0.25) is 11.8 Å². The fourth-order valence-electron chi connectivity index (χ4n) is 7.43. The molecule has 0 unspecified atom stereocenters. The Morgan fingerprint density at radius 1 is 0.441 bits per heavy atom. The lowest BCUT2D eigenvalue weighted by atomic mass is 10.1. The first kappa shape index (κ1) is 43.1. The SMILES string of the molecule is CN(C)c1ccc2cc(-c3nc4ccccc4o3)c(=O)oc2c1.CN(C)c1ccc2cc(-c3nc4ccccc4s3)c(=O)oc2c1.CNc1ccc2cc(-c3nc4ccccc4o3)c(=O)oc2c1. The van der Waals surface area contributed by atoms with Crippen molar-refractivity contribution >= 4 is 93.7 Å². The van der Waals surface area contributed by atoms with Crippen molar-refractivity contribution in [3.8, 4) is 33.5 Å². The monoisotopic (exact) mass is 920 g/mol. The number of hydrogen-bond acceptors (Lipinski definition) is 15. The van der Waals surface area contributed by atoms with Crippen LogP contribution in [0.4, 0.5) is 17.1 Å². The number of benzene rings is 6. The molecular weight excluding hydrogens is 881 g/mol. The van der Waals surface area contributed by atoms with E-state index in [4.69, 9.17) is 22.1 Å². The Hall–Kier alpha value is -8.82. The Bertz CT molecular complexity index is 3760. The predicted octanol–water partition coefficient (Wildman–Crippen LogP) is 11.4. The van der Waals surface area contributed by atoms with E-state index in [-0.39, 0.29) is 17.4 Å². The molecule has 0 spiro atoms. The van der Waals surface area contributed by atoms with Crippen LogP contribution >= 0.6 is 11.3 Å². The molecule has 0 bridgehead atoms. The third-order valence-electron chi connectivity index (χ3n) is 11.1. The molecule has 68 heavy (non-hydrogen) atoms. The summed E-state index contributed by atoms with van der Waals surface area (Å²) in [5.74, 6) is 0.549. The van der Waals surface area contributed by atoms with Gasteiger partial charge in [0.05, 0.1) is 15.8 Å². The molecule has 0 radical (unpaired) electrons. The summed E-state index contributed by atoms with van der Waals surface area (Å²) >= 11 is 1.50. The summed E-state index contributed by atoms with van der Waals surface area (Å²) in [6.07, 6.45) is 0.